The number of nitrogens with one attached hydrogen (secondary N) is 2. The molecule has 0 atom stereocenters. The van der Waals surface area contributed by atoms with E-state index in [1.807, 2.05) is 12.1 Å². The number of amides is 2. The SMILES string of the molecule is COc1ccc(NC(=O)CCC(=O)NC2CCC(Cc3ccc(Cl)cc3)(N(C)C)CC2)cc1. The van der Waals surface area contributed by atoms with E-state index in [0.29, 0.717) is 5.69 Å². The molecule has 3 rings (SSSR count). The van der Waals surface area contributed by atoms with Crippen LogP contribution in [0, 0.1) is 0 Å². The lowest BCUT2D eigenvalue weighted by Gasteiger charge is -2.45. The van der Waals surface area contributed by atoms with E-state index in [1.165, 1.54) is 5.56 Å². The predicted molar refractivity (Wildman–Crippen MR) is 133 cm³/mol. The summed E-state index contributed by atoms with van der Waals surface area (Å²) in [6, 6.07) is 15.4. The molecule has 0 saturated heterocycles. The van der Waals surface area contributed by atoms with Crippen LogP contribution in [-0.4, -0.2) is 49.5 Å². The summed E-state index contributed by atoms with van der Waals surface area (Å²) in [7, 11) is 5.87. The van der Waals surface area contributed by atoms with Crippen molar-refractivity contribution in [1.82, 2.24) is 10.2 Å². The highest BCUT2D eigenvalue weighted by molar-refractivity contribution is 6.30. The highest BCUT2D eigenvalue weighted by Gasteiger charge is 2.37. The largest absolute Gasteiger partial charge is 0.497 e. The fourth-order valence-electron chi connectivity index (χ4n) is 4.49. The number of carbonyl (C=O) groups excluding carboxylic acids is 2. The van der Waals surface area contributed by atoms with E-state index in [4.69, 9.17) is 16.3 Å². The van der Waals surface area contributed by atoms with Crippen molar-refractivity contribution in [1.29, 1.82) is 0 Å². The summed E-state index contributed by atoms with van der Waals surface area (Å²) in [5.74, 6) is 0.486. The molecule has 0 unspecified atom stereocenters. The van der Waals surface area contributed by atoms with Crippen LogP contribution < -0.4 is 15.4 Å². The highest BCUT2D eigenvalue weighted by Crippen LogP contribution is 2.35. The first-order valence-corrected chi connectivity index (χ1v) is 11.8. The lowest BCUT2D eigenvalue weighted by molar-refractivity contribution is -0.125. The zero-order valence-corrected chi connectivity index (χ0v) is 20.5. The van der Waals surface area contributed by atoms with Gasteiger partial charge in [-0.1, -0.05) is 23.7 Å². The molecule has 0 aromatic heterocycles. The van der Waals surface area contributed by atoms with Crippen molar-refractivity contribution in [2.45, 2.75) is 56.5 Å². The molecule has 7 heteroatoms. The van der Waals surface area contributed by atoms with E-state index >= 15 is 0 Å². The summed E-state index contributed by atoms with van der Waals surface area (Å²) >= 11 is 6.04. The van der Waals surface area contributed by atoms with E-state index in [0.717, 1.165) is 42.9 Å². The van der Waals surface area contributed by atoms with Crippen LogP contribution in [0.15, 0.2) is 48.5 Å². The molecule has 0 heterocycles. The summed E-state index contributed by atoms with van der Waals surface area (Å²) in [4.78, 5) is 26.9. The number of ether oxygens (including phenoxy) is 1. The number of hydrogen-bond acceptors (Lipinski definition) is 4. The molecule has 0 radical (unpaired) electrons. The summed E-state index contributed by atoms with van der Waals surface area (Å²) in [5, 5.41) is 6.70. The highest BCUT2D eigenvalue weighted by atomic mass is 35.5. The molecule has 2 aromatic carbocycles. The minimum Gasteiger partial charge on any atom is -0.497 e. The Kier molecular flexibility index (Phi) is 8.75. The lowest BCUT2D eigenvalue weighted by atomic mass is 9.75. The van der Waals surface area contributed by atoms with Gasteiger partial charge in [0.2, 0.25) is 11.8 Å². The molecule has 1 aliphatic carbocycles. The van der Waals surface area contributed by atoms with Crippen molar-refractivity contribution < 1.29 is 14.3 Å². The van der Waals surface area contributed by atoms with E-state index < -0.39 is 0 Å². The first-order chi connectivity index (χ1) is 15.8. The second-order valence-electron chi connectivity index (χ2n) is 9.04. The summed E-state index contributed by atoms with van der Waals surface area (Å²) in [5.41, 5.74) is 2.04. The predicted octanol–water partition coefficient (Wildman–Crippen LogP) is 4.67. The lowest BCUT2D eigenvalue weighted by Crippen LogP contribution is -2.52. The van der Waals surface area contributed by atoms with Gasteiger partial charge in [-0.2, -0.15) is 0 Å². The van der Waals surface area contributed by atoms with E-state index in [9.17, 15) is 9.59 Å². The van der Waals surface area contributed by atoms with Gasteiger partial charge in [-0.25, -0.2) is 0 Å². The normalized spacial score (nSPS) is 20.3. The van der Waals surface area contributed by atoms with Crippen LogP contribution in [-0.2, 0) is 16.0 Å². The van der Waals surface area contributed by atoms with Crippen molar-refractivity contribution in [3.05, 3.63) is 59.1 Å². The first kappa shape index (κ1) is 25.1. The maximum atomic E-state index is 12.4. The van der Waals surface area contributed by atoms with E-state index in [1.54, 1.807) is 31.4 Å². The fourth-order valence-corrected chi connectivity index (χ4v) is 4.61. The number of halogens is 1. The maximum absolute atomic E-state index is 12.4. The summed E-state index contributed by atoms with van der Waals surface area (Å²) in [6.45, 7) is 0. The van der Waals surface area contributed by atoms with Crippen molar-refractivity contribution in [3.8, 4) is 5.75 Å². The molecular weight excluding hydrogens is 438 g/mol. The number of anilines is 1. The van der Waals surface area contributed by atoms with E-state index in [-0.39, 0.29) is 36.2 Å². The van der Waals surface area contributed by atoms with Gasteiger partial charge in [0.15, 0.2) is 0 Å². The molecule has 1 saturated carbocycles. The third-order valence-electron chi connectivity index (χ3n) is 6.63. The molecule has 6 nitrogen and oxygen atoms in total. The Hall–Kier alpha value is -2.57. The Bertz CT molecular complexity index is 921. The molecule has 33 heavy (non-hydrogen) atoms. The van der Waals surface area contributed by atoms with Crippen LogP contribution in [0.25, 0.3) is 0 Å². The molecule has 2 amide bonds. The number of rotatable bonds is 9. The number of methoxy groups -OCH3 is 1. The van der Waals surface area contributed by atoms with Gasteiger partial charge in [-0.3, -0.25) is 9.59 Å². The molecule has 0 aliphatic heterocycles. The Balaban J connectivity index is 1.43. The van der Waals surface area contributed by atoms with Crippen molar-refractivity contribution >= 4 is 29.1 Å². The second kappa shape index (κ2) is 11.5. The van der Waals surface area contributed by atoms with Gasteiger partial charge in [0.1, 0.15) is 5.75 Å². The van der Waals surface area contributed by atoms with Crippen molar-refractivity contribution in [2.75, 3.05) is 26.5 Å². The van der Waals surface area contributed by atoms with Crippen LogP contribution >= 0.6 is 11.6 Å². The average molecular weight is 472 g/mol. The maximum Gasteiger partial charge on any atom is 0.224 e. The monoisotopic (exact) mass is 471 g/mol. The third kappa shape index (κ3) is 7.21. The van der Waals surface area contributed by atoms with Gasteiger partial charge in [-0.15, -0.1) is 0 Å². The molecule has 1 fully saturated rings. The quantitative estimate of drug-likeness (QED) is 0.557. The Morgan fingerprint density at radius 2 is 1.61 bits per heavy atom. The molecular formula is C26H34ClN3O3. The van der Waals surface area contributed by atoms with Gasteiger partial charge >= 0.3 is 0 Å². The topological polar surface area (TPSA) is 70.7 Å². The smallest absolute Gasteiger partial charge is 0.224 e. The van der Waals surface area contributed by atoms with Crippen molar-refractivity contribution in [2.24, 2.45) is 0 Å². The molecule has 1 aliphatic rings. The van der Waals surface area contributed by atoms with Gasteiger partial charge in [0.25, 0.3) is 0 Å². The number of benzene rings is 2. The Labute approximate surface area is 201 Å². The Morgan fingerprint density at radius 3 is 2.18 bits per heavy atom. The number of likely N-dealkylation sites (N-methyl/N-ethyl adjacent to an activating group) is 1. The van der Waals surface area contributed by atoms with Crippen LogP contribution in [0.4, 0.5) is 5.69 Å². The minimum atomic E-state index is -0.173. The van der Waals surface area contributed by atoms with Crippen molar-refractivity contribution in [3.63, 3.8) is 0 Å². The molecule has 0 bridgehead atoms. The zero-order valence-electron chi connectivity index (χ0n) is 19.7. The van der Waals surface area contributed by atoms with Crippen LogP contribution in [0.1, 0.15) is 44.1 Å². The zero-order chi connectivity index (χ0) is 23.8. The number of nitrogens with zero attached hydrogens (tertiary/aromatic N) is 1. The summed E-state index contributed by atoms with van der Waals surface area (Å²) in [6.07, 6.45) is 5.16. The van der Waals surface area contributed by atoms with Gasteiger partial charge in [0.05, 0.1) is 7.11 Å². The minimum absolute atomic E-state index is 0.0695. The third-order valence-corrected chi connectivity index (χ3v) is 6.88. The molecule has 2 aromatic rings. The first-order valence-electron chi connectivity index (χ1n) is 11.4. The van der Waals surface area contributed by atoms with Crippen LogP contribution in [0.3, 0.4) is 0 Å². The summed E-state index contributed by atoms with van der Waals surface area (Å²) < 4.78 is 5.11. The van der Waals surface area contributed by atoms with Crippen LogP contribution in [0.5, 0.6) is 5.75 Å². The fraction of sp³-hybridized carbons (Fsp3) is 0.462. The van der Waals surface area contributed by atoms with Gasteiger partial charge in [0, 0.05) is 35.1 Å². The number of hydrogen-bond donors (Lipinski definition) is 2. The van der Waals surface area contributed by atoms with Crippen LogP contribution in [0.2, 0.25) is 5.02 Å². The van der Waals surface area contributed by atoms with Gasteiger partial charge < -0.3 is 20.3 Å². The molecule has 178 valence electrons. The molecule has 2 N–H and O–H groups in total. The second-order valence-corrected chi connectivity index (χ2v) is 9.48. The standard InChI is InChI=1S/C26H34ClN3O3/c1-30(2)26(18-19-4-6-20(27)7-5-19)16-14-22(15-17-26)29-25(32)13-12-24(31)28-21-8-10-23(33-3)11-9-21/h4-11,22H,12-18H2,1-3H3,(H,28,31)(H,29,32). The molecule has 0 spiro atoms. The van der Waals surface area contributed by atoms with Gasteiger partial charge in [-0.05, 0) is 88.2 Å². The number of carbonyl (C=O) groups is 2. The Morgan fingerprint density at radius 1 is 1.00 bits per heavy atom. The van der Waals surface area contributed by atoms with E-state index in [2.05, 4.69) is 41.8 Å². The average Bonchev–Trinajstić information content (AvgIpc) is 2.81.